The normalized spacial score (nSPS) is 15.5. The molecule has 0 radical (unpaired) electrons. The fourth-order valence-electron chi connectivity index (χ4n) is 2.33. The quantitative estimate of drug-likeness (QED) is 0.464. The highest BCUT2D eigenvalue weighted by Gasteiger charge is 2.53. The van der Waals surface area contributed by atoms with Gasteiger partial charge in [-0.1, -0.05) is 20.8 Å². The summed E-state index contributed by atoms with van der Waals surface area (Å²) in [5.74, 6) is -1.91. The molecule has 0 aromatic heterocycles. The number of hydrogen-bond acceptors (Lipinski definition) is 6. The van der Waals surface area contributed by atoms with Crippen LogP contribution >= 0.6 is 7.60 Å². The van der Waals surface area contributed by atoms with Crippen molar-refractivity contribution in [3.63, 3.8) is 0 Å². The second-order valence-corrected chi connectivity index (χ2v) is 10.6. The van der Waals surface area contributed by atoms with E-state index in [1.54, 1.807) is 13.8 Å². The number of aliphatic carboxylic acids is 1. The molecule has 0 amide bonds. The first-order chi connectivity index (χ1) is 11.0. The van der Waals surface area contributed by atoms with Crippen LogP contribution in [0.5, 0.6) is 0 Å². The van der Waals surface area contributed by atoms with E-state index in [9.17, 15) is 14.5 Å². The summed E-state index contributed by atoms with van der Waals surface area (Å²) in [7, 11) is -3.61. The predicted molar refractivity (Wildman–Crippen MR) is 98.5 cm³/mol. The lowest BCUT2D eigenvalue weighted by molar-refractivity contribution is -0.290. The third-order valence-electron chi connectivity index (χ3n) is 3.42. The van der Waals surface area contributed by atoms with Crippen LogP contribution in [0.25, 0.3) is 0 Å². The molecule has 0 fully saturated rings. The number of hydroxylamine groups is 2. The highest BCUT2D eigenvalue weighted by Crippen LogP contribution is 2.61. The Labute approximate surface area is 152 Å². The minimum Gasteiger partial charge on any atom is -0.479 e. The Balaban J connectivity index is 6.32. The van der Waals surface area contributed by atoms with Gasteiger partial charge in [0.2, 0.25) is 0 Å². The van der Waals surface area contributed by atoms with Gasteiger partial charge in [-0.2, -0.15) is 5.06 Å². The Morgan fingerprint density at radius 2 is 1.40 bits per heavy atom. The van der Waals surface area contributed by atoms with Crippen molar-refractivity contribution in [1.82, 2.24) is 5.06 Å². The summed E-state index contributed by atoms with van der Waals surface area (Å²) in [6.45, 7) is 18.1. The molecule has 0 spiro atoms. The summed E-state index contributed by atoms with van der Waals surface area (Å²) in [6, 6.07) is 0. The van der Waals surface area contributed by atoms with Crippen LogP contribution in [-0.4, -0.2) is 46.3 Å². The second kappa shape index (κ2) is 8.49. The van der Waals surface area contributed by atoms with Gasteiger partial charge in [-0.25, -0.2) is 4.79 Å². The van der Waals surface area contributed by atoms with Crippen LogP contribution in [0, 0.1) is 5.41 Å². The van der Waals surface area contributed by atoms with Crippen molar-refractivity contribution < 1.29 is 28.4 Å². The lowest BCUT2D eigenvalue weighted by Gasteiger charge is -2.49. The van der Waals surface area contributed by atoms with Crippen molar-refractivity contribution in [2.45, 2.75) is 86.2 Å². The lowest BCUT2D eigenvalue weighted by Crippen LogP contribution is -2.57. The Morgan fingerprint density at radius 3 is 1.64 bits per heavy atom. The van der Waals surface area contributed by atoms with Crippen LogP contribution in [0.15, 0.2) is 0 Å². The molecule has 8 heteroatoms. The molecule has 1 atom stereocenters. The molecule has 0 aromatic rings. The summed E-state index contributed by atoms with van der Waals surface area (Å²) in [4.78, 5) is 17.5. The smallest absolute Gasteiger partial charge is 0.350 e. The fraction of sp³-hybridized carbons (Fsp3) is 0.941. The standard InChI is InChI=1S/C17H36NO6P/c1-11-22-25(21,23-12-2)13(15(3,4)5)18(16(6,7)8)24-17(9,10)14(19)20/h13H,11-12H2,1-10H3,(H,19,20). The maximum Gasteiger partial charge on any atom is 0.350 e. The molecule has 0 saturated carbocycles. The molecule has 0 aromatic carbocycles. The first kappa shape index (κ1) is 24.5. The summed E-state index contributed by atoms with van der Waals surface area (Å²) < 4.78 is 24.7. The van der Waals surface area contributed by atoms with E-state index in [-0.39, 0.29) is 13.2 Å². The molecule has 7 nitrogen and oxygen atoms in total. The Morgan fingerprint density at radius 1 is 1.00 bits per heavy atom. The molecule has 0 rings (SSSR count). The Bertz CT molecular complexity index is 482. The minimum atomic E-state index is -3.61. The van der Waals surface area contributed by atoms with E-state index in [1.165, 1.54) is 18.9 Å². The molecule has 1 N–H and O–H groups in total. The molecule has 0 aliphatic heterocycles. The zero-order valence-electron chi connectivity index (χ0n) is 17.4. The van der Waals surface area contributed by atoms with Gasteiger partial charge in [0.25, 0.3) is 0 Å². The van der Waals surface area contributed by atoms with Gasteiger partial charge in [-0.15, -0.1) is 0 Å². The van der Waals surface area contributed by atoms with Crippen LogP contribution in [0.1, 0.15) is 69.2 Å². The zero-order valence-corrected chi connectivity index (χ0v) is 18.3. The van der Waals surface area contributed by atoms with Crippen LogP contribution in [0.3, 0.4) is 0 Å². The summed E-state index contributed by atoms with van der Waals surface area (Å²) in [6.07, 6.45) is 0. The number of nitrogens with zero attached hydrogens (tertiary/aromatic N) is 1. The lowest BCUT2D eigenvalue weighted by atomic mass is 9.94. The monoisotopic (exact) mass is 381 g/mol. The molecule has 150 valence electrons. The molecule has 0 aliphatic carbocycles. The van der Waals surface area contributed by atoms with Crippen molar-refractivity contribution in [3.05, 3.63) is 0 Å². The number of carbonyl (C=O) groups is 1. The van der Waals surface area contributed by atoms with Gasteiger partial charge in [0.1, 0.15) is 5.78 Å². The van der Waals surface area contributed by atoms with Gasteiger partial charge >= 0.3 is 13.6 Å². The molecule has 0 aliphatic rings. The van der Waals surface area contributed by atoms with Gasteiger partial charge < -0.3 is 14.2 Å². The highest BCUT2D eigenvalue weighted by atomic mass is 31.2. The summed E-state index contributed by atoms with van der Waals surface area (Å²) >= 11 is 0. The molecule has 0 heterocycles. The average Bonchev–Trinajstić information content (AvgIpc) is 2.35. The Hall–Kier alpha value is -0.460. The first-order valence-electron chi connectivity index (χ1n) is 8.63. The van der Waals surface area contributed by atoms with E-state index in [2.05, 4.69) is 0 Å². The van der Waals surface area contributed by atoms with Gasteiger partial charge in [0.05, 0.1) is 13.2 Å². The van der Waals surface area contributed by atoms with Crippen LogP contribution < -0.4 is 0 Å². The van der Waals surface area contributed by atoms with Gasteiger partial charge in [0.15, 0.2) is 5.60 Å². The Kier molecular flexibility index (Phi) is 8.33. The summed E-state index contributed by atoms with van der Waals surface area (Å²) in [5, 5.41) is 10.9. The van der Waals surface area contributed by atoms with Crippen molar-refractivity contribution in [3.8, 4) is 0 Å². The topological polar surface area (TPSA) is 85.3 Å². The second-order valence-electron chi connectivity index (χ2n) is 8.52. The van der Waals surface area contributed by atoms with E-state index < -0.39 is 35.9 Å². The molecule has 1 unspecified atom stereocenters. The van der Waals surface area contributed by atoms with Crippen LogP contribution in [0.4, 0.5) is 0 Å². The van der Waals surface area contributed by atoms with Crippen LogP contribution in [-0.2, 0) is 23.2 Å². The van der Waals surface area contributed by atoms with Crippen molar-refractivity contribution in [1.29, 1.82) is 0 Å². The highest BCUT2D eigenvalue weighted by molar-refractivity contribution is 7.54. The van der Waals surface area contributed by atoms with E-state index in [0.717, 1.165) is 0 Å². The predicted octanol–water partition coefficient (Wildman–Crippen LogP) is 4.52. The molecular formula is C17H36NO6P. The molecule has 25 heavy (non-hydrogen) atoms. The first-order valence-corrected chi connectivity index (χ1v) is 10.2. The maximum atomic E-state index is 13.6. The molecule has 0 bridgehead atoms. The minimum absolute atomic E-state index is 0.212. The van der Waals surface area contributed by atoms with E-state index in [1.807, 2.05) is 41.5 Å². The van der Waals surface area contributed by atoms with Crippen molar-refractivity contribution >= 4 is 13.6 Å². The molecule has 0 saturated heterocycles. The van der Waals surface area contributed by atoms with E-state index >= 15 is 0 Å². The molecular weight excluding hydrogens is 345 g/mol. The van der Waals surface area contributed by atoms with Crippen molar-refractivity contribution in [2.75, 3.05) is 13.2 Å². The largest absolute Gasteiger partial charge is 0.479 e. The SMILES string of the molecule is CCOP(=O)(OCC)C(N(OC(C)(C)C(=O)O)C(C)(C)C)C(C)(C)C. The van der Waals surface area contributed by atoms with Gasteiger partial charge in [-0.05, 0) is 53.9 Å². The number of carboxylic acid groups (broad SMARTS) is 1. The van der Waals surface area contributed by atoms with E-state index in [4.69, 9.17) is 13.9 Å². The number of rotatable bonds is 9. The van der Waals surface area contributed by atoms with Crippen molar-refractivity contribution in [2.24, 2.45) is 5.41 Å². The number of hydrogen-bond donors (Lipinski definition) is 1. The average molecular weight is 381 g/mol. The van der Waals surface area contributed by atoms with Gasteiger partial charge in [0, 0.05) is 5.54 Å². The van der Waals surface area contributed by atoms with Crippen LogP contribution in [0.2, 0.25) is 0 Å². The maximum absolute atomic E-state index is 13.6. The van der Waals surface area contributed by atoms with E-state index in [0.29, 0.717) is 0 Å². The fourth-order valence-corrected chi connectivity index (χ4v) is 5.01. The summed E-state index contributed by atoms with van der Waals surface area (Å²) in [5.41, 5.74) is -2.71. The number of carboxylic acids is 1. The van der Waals surface area contributed by atoms with Gasteiger partial charge in [-0.3, -0.25) is 9.40 Å². The zero-order chi connectivity index (χ0) is 20.3. The third kappa shape index (κ3) is 6.65. The third-order valence-corrected chi connectivity index (χ3v) is 6.24.